The summed E-state index contributed by atoms with van der Waals surface area (Å²) >= 11 is 0. The standard InChI is InChI=1S/C21H15FN4O3/c22-15-9-7-14(8-10-15)20-17-5-1-2-6-18(17)21(28)26(25-20)13-19(27)24-23-12-16-4-3-11-29-16/h1-12H,13H2,(H,24,27)/b23-12+. The lowest BCUT2D eigenvalue weighted by Crippen LogP contribution is -2.32. The van der Waals surface area contributed by atoms with Gasteiger partial charge in [-0.05, 0) is 42.5 Å². The van der Waals surface area contributed by atoms with E-state index < -0.39 is 11.5 Å². The van der Waals surface area contributed by atoms with Gasteiger partial charge < -0.3 is 4.42 Å². The molecule has 2 heterocycles. The maximum absolute atomic E-state index is 13.3. The number of hydrazone groups is 1. The summed E-state index contributed by atoms with van der Waals surface area (Å²) in [5, 5.41) is 9.17. The number of benzene rings is 2. The van der Waals surface area contributed by atoms with Crippen LogP contribution in [0.5, 0.6) is 0 Å². The van der Waals surface area contributed by atoms with Crippen LogP contribution in [-0.2, 0) is 11.3 Å². The van der Waals surface area contributed by atoms with E-state index in [0.717, 1.165) is 4.68 Å². The highest BCUT2D eigenvalue weighted by Crippen LogP contribution is 2.24. The molecule has 0 saturated carbocycles. The number of aromatic nitrogens is 2. The fourth-order valence-corrected chi connectivity index (χ4v) is 2.87. The van der Waals surface area contributed by atoms with Crippen molar-refractivity contribution in [1.29, 1.82) is 0 Å². The summed E-state index contributed by atoms with van der Waals surface area (Å²) in [4.78, 5) is 25.0. The number of rotatable bonds is 5. The van der Waals surface area contributed by atoms with E-state index in [0.29, 0.717) is 27.8 Å². The molecule has 0 fully saturated rings. The van der Waals surface area contributed by atoms with Crippen molar-refractivity contribution in [2.24, 2.45) is 5.10 Å². The number of nitrogens with zero attached hydrogens (tertiary/aromatic N) is 3. The Morgan fingerprint density at radius 1 is 1.10 bits per heavy atom. The highest BCUT2D eigenvalue weighted by molar-refractivity contribution is 5.93. The second kappa shape index (κ2) is 7.89. The Bertz CT molecular complexity index is 1250. The SMILES string of the molecule is O=C(Cn1nc(-c2ccc(F)cc2)c2ccccc2c1=O)N/N=C/c1ccco1. The topological polar surface area (TPSA) is 89.5 Å². The minimum atomic E-state index is -0.525. The number of carbonyl (C=O) groups excluding carboxylic acids is 1. The van der Waals surface area contributed by atoms with Gasteiger partial charge in [0.1, 0.15) is 18.1 Å². The van der Waals surface area contributed by atoms with Crippen molar-refractivity contribution < 1.29 is 13.6 Å². The third-order valence-corrected chi connectivity index (χ3v) is 4.20. The summed E-state index contributed by atoms with van der Waals surface area (Å²) in [6.45, 7) is -0.326. The van der Waals surface area contributed by atoms with Gasteiger partial charge in [0.05, 0.1) is 23.6 Å². The molecule has 0 bridgehead atoms. The van der Waals surface area contributed by atoms with Crippen LogP contribution in [0.25, 0.3) is 22.0 Å². The van der Waals surface area contributed by atoms with E-state index in [9.17, 15) is 14.0 Å². The maximum Gasteiger partial charge on any atom is 0.275 e. The first-order valence-corrected chi connectivity index (χ1v) is 8.73. The molecule has 7 nitrogen and oxygen atoms in total. The average molecular weight is 390 g/mol. The number of amides is 1. The van der Waals surface area contributed by atoms with E-state index >= 15 is 0 Å². The molecule has 0 aliphatic carbocycles. The average Bonchev–Trinajstić information content (AvgIpc) is 3.24. The second-order valence-electron chi connectivity index (χ2n) is 6.17. The Kier molecular flexibility index (Phi) is 4.98. The monoisotopic (exact) mass is 390 g/mol. The highest BCUT2D eigenvalue weighted by Gasteiger charge is 2.14. The number of nitrogens with one attached hydrogen (secondary N) is 1. The van der Waals surface area contributed by atoms with Crippen molar-refractivity contribution >= 4 is 22.9 Å². The predicted octanol–water partition coefficient (Wildman–Crippen LogP) is 2.95. The van der Waals surface area contributed by atoms with Crippen LogP contribution >= 0.6 is 0 Å². The third kappa shape index (κ3) is 3.96. The molecule has 0 saturated heterocycles. The Morgan fingerprint density at radius 3 is 2.59 bits per heavy atom. The first kappa shape index (κ1) is 18.3. The summed E-state index contributed by atoms with van der Waals surface area (Å²) in [6.07, 6.45) is 2.83. The van der Waals surface area contributed by atoms with Crippen LogP contribution < -0.4 is 11.0 Å². The van der Waals surface area contributed by atoms with Crippen molar-refractivity contribution in [3.05, 3.63) is 88.9 Å². The fourth-order valence-electron chi connectivity index (χ4n) is 2.87. The molecule has 0 radical (unpaired) electrons. The first-order valence-electron chi connectivity index (χ1n) is 8.73. The van der Waals surface area contributed by atoms with Crippen molar-refractivity contribution in [3.63, 3.8) is 0 Å². The molecule has 2 aromatic carbocycles. The van der Waals surface area contributed by atoms with Crippen LogP contribution in [0.2, 0.25) is 0 Å². The van der Waals surface area contributed by atoms with Gasteiger partial charge >= 0.3 is 0 Å². The minimum absolute atomic E-state index is 0.326. The molecule has 8 heteroatoms. The van der Waals surface area contributed by atoms with Gasteiger partial charge in [-0.15, -0.1) is 0 Å². The molecule has 144 valence electrons. The van der Waals surface area contributed by atoms with Gasteiger partial charge in [-0.25, -0.2) is 14.5 Å². The number of carbonyl (C=O) groups is 1. The Labute approximate surface area is 164 Å². The number of fused-ring (bicyclic) bond motifs is 1. The summed E-state index contributed by atoms with van der Waals surface area (Å²) < 4.78 is 19.5. The van der Waals surface area contributed by atoms with Crippen LogP contribution in [0, 0.1) is 5.82 Å². The predicted molar refractivity (Wildman–Crippen MR) is 106 cm³/mol. The van der Waals surface area contributed by atoms with Gasteiger partial charge in [0, 0.05) is 10.9 Å². The largest absolute Gasteiger partial charge is 0.463 e. The van der Waals surface area contributed by atoms with E-state index in [4.69, 9.17) is 4.42 Å². The van der Waals surface area contributed by atoms with Gasteiger partial charge in [-0.3, -0.25) is 9.59 Å². The van der Waals surface area contributed by atoms with E-state index in [1.165, 1.54) is 24.6 Å². The van der Waals surface area contributed by atoms with Gasteiger partial charge in [0.25, 0.3) is 11.5 Å². The molecular formula is C21H15FN4O3. The molecule has 0 aliphatic rings. The molecule has 0 aliphatic heterocycles. The zero-order chi connectivity index (χ0) is 20.2. The summed E-state index contributed by atoms with van der Waals surface area (Å²) in [7, 11) is 0. The molecular weight excluding hydrogens is 375 g/mol. The van der Waals surface area contributed by atoms with Crippen molar-refractivity contribution in [2.75, 3.05) is 0 Å². The lowest BCUT2D eigenvalue weighted by molar-refractivity contribution is -0.121. The zero-order valence-corrected chi connectivity index (χ0v) is 15.1. The van der Waals surface area contributed by atoms with Crippen LogP contribution in [0.3, 0.4) is 0 Å². The molecule has 0 unspecified atom stereocenters. The molecule has 4 aromatic rings. The van der Waals surface area contributed by atoms with E-state index in [1.54, 1.807) is 48.5 Å². The normalized spacial score (nSPS) is 11.2. The van der Waals surface area contributed by atoms with Crippen molar-refractivity contribution in [2.45, 2.75) is 6.54 Å². The minimum Gasteiger partial charge on any atom is -0.463 e. The Balaban J connectivity index is 1.67. The lowest BCUT2D eigenvalue weighted by atomic mass is 10.1. The molecule has 29 heavy (non-hydrogen) atoms. The Morgan fingerprint density at radius 2 is 1.86 bits per heavy atom. The van der Waals surface area contributed by atoms with E-state index in [2.05, 4.69) is 15.6 Å². The Hall–Kier alpha value is -4.07. The fraction of sp³-hybridized carbons (Fsp3) is 0.0476. The van der Waals surface area contributed by atoms with Gasteiger partial charge in [0.2, 0.25) is 0 Å². The molecule has 4 rings (SSSR count). The number of furan rings is 1. The van der Waals surface area contributed by atoms with Gasteiger partial charge in [-0.2, -0.15) is 10.2 Å². The quantitative estimate of drug-likeness (QED) is 0.419. The highest BCUT2D eigenvalue weighted by atomic mass is 19.1. The van der Waals surface area contributed by atoms with Crippen LogP contribution in [0.15, 0.2) is 81.2 Å². The van der Waals surface area contributed by atoms with Crippen LogP contribution in [0.1, 0.15) is 5.76 Å². The summed E-state index contributed by atoms with van der Waals surface area (Å²) in [5.41, 5.74) is 3.04. The van der Waals surface area contributed by atoms with Crippen LogP contribution in [-0.4, -0.2) is 21.9 Å². The first-order chi connectivity index (χ1) is 14.1. The number of hydrogen-bond donors (Lipinski definition) is 1. The van der Waals surface area contributed by atoms with Crippen molar-refractivity contribution in [1.82, 2.24) is 15.2 Å². The molecule has 0 spiro atoms. The van der Waals surface area contributed by atoms with E-state index in [1.807, 2.05) is 0 Å². The molecule has 1 amide bonds. The maximum atomic E-state index is 13.3. The second-order valence-corrected chi connectivity index (χ2v) is 6.17. The van der Waals surface area contributed by atoms with Crippen LogP contribution in [0.4, 0.5) is 4.39 Å². The number of halogens is 1. The lowest BCUT2D eigenvalue weighted by Gasteiger charge is -2.10. The van der Waals surface area contributed by atoms with Crippen molar-refractivity contribution in [3.8, 4) is 11.3 Å². The zero-order valence-electron chi connectivity index (χ0n) is 15.1. The summed E-state index contributed by atoms with van der Waals surface area (Å²) in [6, 6.07) is 16.1. The third-order valence-electron chi connectivity index (χ3n) is 4.20. The smallest absolute Gasteiger partial charge is 0.275 e. The molecule has 1 N–H and O–H groups in total. The summed E-state index contributed by atoms with van der Waals surface area (Å²) in [5.74, 6) is -0.423. The van der Waals surface area contributed by atoms with Gasteiger partial charge in [0.15, 0.2) is 0 Å². The molecule has 0 atom stereocenters. The molecule has 2 aromatic heterocycles. The van der Waals surface area contributed by atoms with E-state index in [-0.39, 0.29) is 12.4 Å². The van der Waals surface area contributed by atoms with Gasteiger partial charge in [-0.1, -0.05) is 18.2 Å². The number of hydrogen-bond acceptors (Lipinski definition) is 5.